The van der Waals surface area contributed by atoms with E-state index in [-0.39, 0.29) is 18.8 Å². The lowest BCUT2D eigenvalue weighted by Crippen LogP contribution is -2.31. The molecule has 0 saturated heterocycles. The van der Waals surface area contributed by atoms with E-state index in [0.717, 1.165) is 53.4 Å². The van der Waals surface area contributed by atoms with E-state index in [1.165, 1.54) is 0 Å². The lowest BCUT2D eigenvalue weighted by atomic mass is 9.93. The van der Waals surface area contributed by atoms with Crippen molar-refractivity contribution in [2.45, 2.75) is 37.8 Å². The first-order valence-electron chi connectivity index (χ1n) is 10.9. The molecular formula is C23H26N6O3. The highest BCUT2D eigenvalue weighted by atomic mass is 16.5. The van der Waals surface area contributed by atoms with Crippen molar-refractivity contribution in [2.24, 2.45) is 0 Å². The molecule has 32 heavy (non-hydrogen) atoms. The quantitative estimate of drug-likeness (QED) is 0.457. The van der Waals surface area contributed by atoms with Gasteiger partial charge >= 0.3 is 0 Å². The van der Waals surface area contributed by atoms with Gasteiger partial charge in [-0.05, 0) is 49.4 Å². The number of aliphatic hydroxyl groups is 1. The third-order valence-electron chi connectivity index (χ3n) is 5.91. The molecule has 1 saturated carbocycles. The molecule has 3 aromatic heterocycles. The molecule has 2 N–H and O–H groups in total. The van der Waals surface area contributed by atoms with E-state index in [4.69, 9.17) is 14.6 Å². The fourth-order valence-corrected chi connectivity index (χ4v) is 4.34. The molecule has 0 aliphatic heterocycles. The first-order chi connectivity index (χ1) is 15.7. The van der Waals surface area contributed by atoms with Crippen molar-refractivity contribution < 1.29 is 14.6 Å². The summed E-state index contributed by atoms with van der Waals surface area (Å²) in [4.78, 5) is 13.4. The zero-order valence-corrected chi connectivity index (χ0v) is 17.9. The van der Waals surface area contributed by atoms with Crippen molar-refractivity contribution in [3.8, 4) is 17.0 Å². The Morgan fingerprint density at radius 2 is 1.91 bits per heavy atom. The highest BCUT2D eigenvalue weighted by Crippen LogP contribution is 2.33. The van der Waals surface area contributed by atoms with Gasteiger partial charge in [-0.3, -0.25) is 9.97 Å². The average Bonchev–Trinajstić information content (AvgIpc) is 3.27. The van der Waals surface area contributed by atoms with Gasteiger partial charge in [-0.15, -0.1) is 5.10 Å². The molecule has 166 valence electrons. The maximum Gasteiger partial charge on any atom is 0.244 e. The van der Waals surface area contributed by atoms with Crippen molar-refractivity contribution >= 4 is 22.5 Å². The number of aliphatic hydroxyl groups excluding tert-OH is 1. The van der Waals surface area contributed by atoms with E-state index >= 15 is 0 Å². The van der Waals surface area contributed by atoms with Gasteiger partial charge in [-0.25, -0.2) is 4.52 Å². The molecular weight excluding hydrogens is 408 g/mol. The first-order valence-corrected chi connectivity index (χ1v) is 10.9. The number of fused-ring (bicyclic) bond motifs is 2. The van der Waals surface area contributed by atoms with Gasteiger partial charge in [0.1, 0.15) is 5.52 Å². The number of benzene rings is 1. The van der Waals surface area contributed by atoms with E-state index in [1.54, 1.807) is 24.0 Å². The number of nitrogens with zero attached hydrogens (tertiary/aromatic N) is 5. The molecule has 0 amide bonds. The van der Waals surface area contributed by atoms with Crippen LogP contribution in [0.1, 0.15) is 25.7 Å². The Kier molecular flexibility index (Phi) is 5.83. The van der Waals surface area contributed by atoms with Crippen molar-refractivity contribution in [2.75, 3.05) is 25.6 Å². The van der Waals surface area contributed by atoms with Crippen LogP contribution in [-0.4, -0.2) is 62.1 Å². The predicted molar refractivity (Wildman–Crippen MR) is 121 cm³/mol. The van der Waals surface area contributed by atoms with Crippen LogP contribution in [0.15, 0.2) is 42.9 Å². The third kappa shape index (κ3) is 4.09. The predicted octanol–water partition coefficient (Wildman–Crippen LogP) is 3.08. The molecule has 0 unspecified atom stereocenters. The number of hydrogen-bond donors (Lipinski definition) is 2. The second-order valence-corrected chi connectivity index (χ2v) is 7.94. The van der Waals surface area contributed by atoms with Gasteiger partial charge in [-0.2, -0.15) is 4.98 Å². The Morgan fingerprint density at radius 1 is 1.09 bits per heavy atom. The SMILES string of the molecule is COc1nc(NC2CCC(OCCO)CC2)nn2ccc(-c3ccc4nccnc4c3)c12. The molecule has 1 aliphatic rings. The van der Waals surface area contributed by atoms with Gasteiger partial charge in [0.25, 0.3) is 0 Å². The summed E-state index contributed by atoms with van der Waals surface area (Å²) in [6.45, 7) is 0.469. The number of methoxy groups -OCH3 is 1. The van der Waals surface area contributed by atoms with Crippen molar-refractivity contribution in [3.63, 3.8) is 0 Å². The van der Waals surface area contributed by atoms with E-state index in [9.17, 15) is 0 Å². The van der Waals surface area contributed by atoms with Gasteiger partial charge < -0.3 is 19.9 Å². The Hall–Kier alpha value is -3.30. The van der Waals surface area contributed by atoms with Gasteiger partial charge in [0.2, 0.25) is 11.8 Å². The van der Waals surface area contributed by atoms with Crippen LogP contribution in [0.5, 0.6) is 5.88 Å². The smallest absolute Gasteiger partial charge is 0.244 e. The molecule has 5 rings (SSSR count). The summed E-state index contributed by atoms with van der Waals surface area (Å²) in [5.74, 6) is 1.06. The molecule has 9 nitrogen and oxygen atoms in total. The molecule has 0 radical (unpaired) electrons. The molecule has 3 heterocycles. The first kappa shape index (κ1) is 20.6. The molecule has 1 aromatic carbocycles. The normalized spacial score (nSPS) is 18.8. The summed E-state index contributed by atoms with van der Waals surface area (Å²) in [5, 5.41) is 17.1. The Morgan fingerprint density at radius 3 is 2.69 bits per heavy atom. The van der Waals surface area contributed by atoms with E-state index in [1.807, 2.05) is 30.5 Å². The van der Waals surface area contributed by atoms with Crippen LogP contribution in [0.3, 0.4) is 0 Å². The zero-order valence-electron chi connectivity index (χ0n) is 17.9. The second-order valence-electron chi connectivity index (χ2n) is 7.94. The summed E-state index contributed by atoms with van der Waals surface area (Å²) < 4.78 is 13.1. The maximum atomic E-state index is 8.93. The Bertz CT molecular complexity index is 1220. The lowest BCUT2D eigenvalue weighted by molar-refractivity contribution is 0.00718. The third-order valence-corrected chi connectivity index (χ3v) is 5.91. The van der Waals surface area contributed by atoms with Crippen LogP contribution in [0.4, 0.5) is 5.95 Å². The highest BCUT2D eigenvalue weighted by molar-refractivity contribution is 5.89. The number of rotatable bonds is 7. The molecule has 0 atom stereocenters. The summed E-state index contributed by atoms with van der Waals surface area (Å²) in [6.07, 6.45) is 9.36. The van der Waals surface area contributed by atoms with Gasteiger partial charge in [0.05, 0.1) is 37.5 Å². The van der Waals surface area contributed by atoms with E-state index in [0.29, 0.717) is 18.4 Å². The van der Waals surface area contributed by atoms with Gasteiger partial charge in [-0.1, -0.05) is 6.07 Å². The topological polar surface area (TPSA) is 107 Å². The maximum absolute atomic E-state index is 8.93. The average molecular weight is 435 g/mol. The van der Waals surface area contributed by atoms with Gasteiger partial charge in [0, 0.05) is 30.2 Å². The van der Waals surface area contributed by atoms with Crippen molar-refractivity contribution in [1.82, 2.24) is 24.6 Å². The summed E-state index contributed by atoms with van der Waals surface area (Å²) in [7, 11) is 1.62. The fourth-order valence-electron chi connectivity index (χ4n) is 4.34. The Labute approximate surface area is 185 Å². The van der Waals surface area contributed by atoms with E-state index < -0.39 is 0 Å². The zero-order chi connectivity index (χ0) is 21.9. The summed E-state index contributed by atoms with van der Waals surface area (Å²) in [5.41, 5.74) is 4.47. The summed E-state index contributed by atoms with van der Waals surface area (Å²) >= 11 is 0. The molecule has 4 aromatic rings. The standard InChI is InChI=1S/C23H26N6O3/c1-31-22-21-18(15-2-7-19-20(14-15)25-10-9-24-19)8-11-29(21)28-23(27-22)26-16-3-5-17(6-4-16)32-13-12-30/h2,7-11,14,16-17,30H,3-6,12-13H2,1H3,(H,26,28). The van der Waals surface area contributed by atoms with E-state index in [2.05, 4.69) is 25.4 Å². The van der Waals surface area contributed by atoms with Crippen molar-refractivity contribution in [3.05, 3.63) is 42.9 Å². The highest BCUT2D eigenvalue weighted by Gasteiger charge is 2.23. The molecule has 9 heteroatoms. The number of ether oxygens (including phenoxy) is 2. The Balaban J connectivity index is 1.39. The number of hydrogen-bond acceptors (Lipinski definition) is 8. The molecule has 0 spiro atoms. The summed E-state index contributed by atoms with van der Waals surface area (Å²) in [6, 6.07) is 8.29. The monoisotopic (exact) mass is 434 g/mol. The molecule has 1 aliphatic carbocycles. The van der Waals surface area contributed by atoms with Crippen LogP contribution in [0, 0.1) is 0 Å². The van der Waals surface area contributed by atoms with Crippen LogP contribution in [-0.2, 0) is 4.74 Å². The fraction of sp³-hybridized carbons (Fsp3) is 0.391. The van der Waals surface area contributed by atoms with Crippen LogP contribution < -0.4 is 10.1 Å². The van der Waals surface area contributed by atoms with Crippen LogP contribution in [0.25, 0.3) is 27.7 Å². The molecule has 0 bridgehead atoms. The number of anilines is 1. The van der Waals surface area contributed by atoms with Crippen molar-refractivity contribution in [1.29, 1.82) is 0 Å². The second kappa shape index (κ2) is 9.05. The molecule has 1 fully saturated rings. The lowest BCUT2D eigenvalue weighted by Gasteiger charge is -2.29. The number of nitrogens with one attached hydrogen (secondary N) is 1. The minimum absolute atomic E-state index is 0.0668. The minimum atomic E-state index is 0.0668. The minimum Gasteiger partial charge on any atom is -0.479 e. The largest absolute Gasteiger partial charge is 0.479 e. The van der Waals surface area contributed by atoms with Gasteiger partial charge in [0.15, 0.2) is 0 Å². The number of aromatic nitrogens is 5. The van der Waals surface area contributed by atoms with Crippen LogP contribution in [0.2, 0.25) is 0 Å². The van der Waals surface area contributed by atoms with Crippen LogP contribution >= 0.6 is 0 Å².